The zero-order chi connectivity index (χ0) is 22.3. The van der Waals surface area contributed by atoms with Gasteiger partial charge in [0.05, 0.1) is 12.1 Å². The van der Waals surface area contributed by atoms with Crippen molar-refractivity contribution in [3.8, 4) is 0 Å². The number of rotatable bonds is 5. The summed E-state index contributed by atoms with van der Waals surface area (Å²) < 4.78 is 5.06. The number of amides is 3. The number of fused-ring (bicyclic) bond motifs is 1. The van der Waals surface area contributed by atoms with E-state index in [2.05, 4.69) is 6.58 Å². The van der Waals surface area contributed by atoms with Crippen molar-refractivity contribution in [2.24, 2.45) is 5.73 Å². The van der Waals surface area contributed by atoms with Crippen LogP contribution in [0.25, 0.3) is 0 Å². The zero-order valence-electron chi connectivity index (χ0n) is 17.2. The van der Waals surface area contributed by atoms with Crippen molar-refractivity contribution < 1.29 is 29.0 Å². The topological polar surface area (TPSA) is 133 Å². The van der Waals surface area contributed by atoms with Crippen molar-refractivity contribution in [3.05, 3.63) is 35.6 Å². The molecule has 3 fully saturated rings. The monoisotopic (exact) mass is 430 g/mol. The molecule has 0 aromatic rings. The molecule has 0 saturated carbocycles. The van der Waals surface area contributed by atoms with Gasteiger partial charge in [-0.15, -0.1) is 0 Å². The van der Waals surface area contributed by atoms with Crippen LogP contribution in [0.4, 0.5) is 4.79 Å². The predicted molar refractivity (Wildman–Crippen MR) is 108 cm³/mol. The number of nitrogens with zero attached hydrogens (tertiary/aromatic N) is 3. The van der Waals surface area contributed by atoms with E-state index in [-0.39, 0.29) is 30.3 Å². The van der Waals surface area contributed by atoms with Gasteiger partial charge in [-0.25, -0.2) is 9.59 Å². The van der Waals surface area contributed by atoms with Crippen LogP contribution in [0.3, 0.4) is 0 Å². The predicted octanol–water partition coefficient (Wildman–Crippen LogP) is 0.213. The first kappa shape index (κ1) is 21.1. The number of ether oxygens (including phenoxy) is 1. The molecular weight excluding hydrogens is 404 g/mol. The highest BCUT2D eigenvalue weighted by molar-refractivity contribution is 6.01. The summed E-state index contributed by atoms with van der Waals surface area (Å²) in [5, 5.41) is 9.67. The number of hydrogen-bond donors (Lipinski definition) is 2. The molecule has 0 spiro atoms. The van der Waals surface area contributed by atoms with Crippen molar-refractivity contribution in [1.82, 2.24) is 14.7 Å². The normalized spacial score (nSPS) is 29.4. The first-order valence-electron chi connectivity index (χ1n) is 10.4. The van der Waals surface area contributed by atoms with E-state index in [4.69, 9.17) is 10.5 Å². The molecule has 0 aliphatic carbocycles. The SMILES string of the molecule is C=CCOC(=O)N1CCC(N2CCC(=CC3=C(C(=O)O)N4C(=O)C(N)C4CC3)C2=O)C1. The third kappa shape index (κ3) is 3.60. The second kappa shape index (κ2) is 8.18. The number of allylic oxidation sites excluding steroid dienone is 2. The van der Waals surface area contributed by atoms with E-state index in [1.54, 1.807) is 15.9 Å². The molecule has 10 nitrogen and oxygen atoms in total. The number of likely N-dealkylation sites (tertiary alicyclic amines) is 2. The Hall–Kier alpha value is -3.14. The van der Waals surface area contributed by atoms with Crippen molar-refractivity contribution in [2.75, 3.05) is 26.2 Å². The minimum absolute atomic E-state index is 0.0706. The maximum absolute atomic E-state index is 13.0. The van der Waals surface area contributed by atoms with Crippen molar-refractivity contribution in [1.29, 1.82) is 0 Å². The number of carbonyl (C=O) groups excluding carboxylic acids is 3. The second-order valence-corrected chi connectivity index (χ2v) is 8.19. The molecule has 3 atom stereocenters. The molecule has 31 heavy (non-hydrogen) atoms. The summed E-state index contributed by atoms with van der Waals surface area (Å²) in [6.45, 7) is 5.08. The van der Waals surface area contributed by atoms with E-state index < -0.39 is 24.0 Å². The lowest BCUT2D eigenvalue weighted by Crippen LogP contribution is -2.69. The number of carbonyl (C=O) groups is 4. The Morgan fingerprint density at radius 1 is 1.23 bits per heavy atom. The van der Waals surface area contributed by atoms with Crippen LogP contribution >= 0.6 is 0 Å². The van der Waals surface area contributed by atoms with Crippen molar-refractivity contribution in [3.63, 3.8) is 0 Å². The molecule has 0 aromatic heterocycles. The molecule has 3 amide bonds. The van der Waals surface area contributed by atoms with Crippen LogP contribution in [0, 0.1) is 0 Å². The Morgan fingerprint density at radius 3 is 2.71 bits per heavy atom. The molecule has 3 unspecified atom stereocenters. The maximum atomic E-state index is 13.0. The van der Waals surface area contributed by atoms with Crippen LogP contribution in [0.5, 0.6) is 0 Å². The second-order valence-electron chi connectivity index (χ2n) is 8.19. The Morgan fingerprint density at radius 2 is 2.00 bits per heavy atom. The number of carboxylic acids is 1. The van der Waals surface area contributed by atoms with Crippen molar-refractivity contribution >= 4 is 23.9 Å². The molecule has 0 radical (unpaired) electrons. The highest BCUT2D eigenvalue weighted by Crippen LogP contribution is 2.37. The fourth-order valence-electron chi connectivity index (χ4n) is 4.82. The molecule has 4 rings (SSSR count). The Bertz CT molecular complexity index is 910. The average Bonchev–Trinajstić information content (AvgIpc) is 3.38. The highest BCUT2D eigenvalue weighted by Gasteiger charge is 2.51. The Balaban J connectivity index is 1.48. The minimum atomic E-state index is -1.19. The maximum Gasteiger partial charge on any atom is 0.410 e. The summed E-state index contributed by atoms with van der Waals surface area (Å²) in [6.07, 6.45) is 4.88. The van der Waals surface area contributed by atoms with Crippen LogP contribution in [-0.4, -0.2) is 88.0 Å². The molecule has 0 aromatic carbocycles. The first-order chi connectivity index (χ1) is 14.8. The van der Waals surface area contributed by atoms with E-state index >= 15 is 0 Å². The number of nitrogens with two attached hydrogens (primary N) is 1. The van der Waals surface area contributed by atoms with E-state index in [0.29, 0.717) is 56.5 Å². The lowest BCUT2D eigenvalue weighted by Gasteiger charge is -2.48. The summed E-state index contributed by atoms with van der Waals surface area (Å²) in [7, 11) is 0. The smallest absolute Gasteiger partial charge is 0.410 e. The van der Waals surface area contributed by atoms with Gasteiger partial charge in [0.15, 0.2) is 0 Å². The third-order valence-electron chi connectivity index (χ3n) is 6.42. The molecule has 3 saturated heterocycles. The van der Waals surface area contributed by atoms with Crippen LogP contribution in [-0.2, 0) is 19.1 Å². The van der Waals surface area contributed by atoms with Gasteiger partial charge < -0.3 is 25.4 Å². The molecule has 3 N–H and O–H groups in total. The lowest BCUT2D eigenvalue weighted by atomic mass is 9.83. The van der Waals surface area contributed by atoms with E-state index in [9.17, 15) is 24.3 Å². The summed E-state index contributed by atoms with van der Waals surface area (Å²) in [5.74, 6) is -1.74. The van der Waals surface area contributed by atoms with Gasteiger partial charge in [0.2, 0.25) is 11.8 Å². The van der Waals surface area contributed by atoms with Gasteiger partial charge in [-0.2, -0.15) is 0 Å². The summed E-state index contributed by atoms with van der Waals surface area (Å²) in [6, 6.07) is -1.05. The Kier molecular flexibility index (Phi) is 5.57. The van der Waals surface area contributed by atoms with Gasteiger partial charge in [0.25, 0.3) is 0 Å². The minimum Gasteiger partial charge on any atom is -0.477 e. The third-order valence-corrected chi connectivity index (χ3v) is 6.42. The first-order valence-corrected chi connectivity index (χ1v) is 10.4. The van der Waals surface area contributed by atoms with Crippen LogP contribution in [0.15, 0.2) is 35.6 Å². The van der Waals surface area contributed by atoms with Gasteiger partial charge in [-0.3, -0.25) is 14.5 Å². The number of aliphatic carboxylic acids is 1. The van der Waals surface area contributed by atoms with Gasteiger partial charge in [-0.05, 0) is 37.3 Å². The number of β-lactam (4-membered cyclic amide) rings is 1. The fourth-order valence-corrected chi connectivity index (χ4v) is 4.82. The van der Waals surface area contributed by atoms with Crippen molar-refractivity contribution in [2.45, 2.75) is 43.8 Å². The molecule has 0 bridgehead atoms. The van der Waals surface area contributed by atoms with Crippen LogP contribution in [0.1, 0.15) is 25.7 Å². The molecule has 4 aliphatic heterocycles. The average molecular weight is 430 g/mol. The summed E-state index contributed by atoms with van der Waals surface area (Å²) in [5.41, 5.74) is 6.73. The standard InChI is InChI=1S/C21H26N4O6/c1-2-9-31-21(30)23-7-6-14(11-23)24-8-5-13(18(24)26)10-12-3-4-15-16(22)19(27)25(15)17(12)20(28)29/h2,10,14-16H,1,3-9,11,22H2,(H,28,29). The molecule has 4 heterocycles. The van der Waals surface area contributed by atoms with E-state index in [1.165, 1.54) is 11.0 Å². The summed E-state index contributed by atoms with van der Waals surface area (Å²) in [4.78, 5) is 53.5. The molecule has 166 valence electrons. The van der Waals surface area contributed by atoms with Crippen LogP contribution in [0.2, 0.25) is 0 Å². The zero-order valence-corrected chi connectivity index (χ0v) is 17.2. The van der Waals surface area contributed by atoms with E-state index in [1.807, 2.05) is 0 Å². The fraction of sp³-hybridized carbons (Fsp3) is 0.524. The summed E-state index contributed by atoms with van der Waals surface area (Å²) >= 11 is 0. The number of carboxylic acid groups (broad SMARTS) is 1. The Labute approximate surface area is 179 Å². The highest BCUT2D eigenvalue weighted by atomic mass is 16.6. The number of hydrogen-bond acceptors (Lipinski definition) is 6. The largest absolute Gasteiger partial charge is 0.477 e. The molecule has 10 heteroatoms. The van der Waals surface area contributed by atoms with Gasteiger partial charge in [0.1, 0.15) is 18.3 Å². The molecule has 4 aliphatic rings. The van der Waals surface area contributed by atoms with Gasteiger partial charge in [0, 0.05) is 25.2 Å². The molecular formula is C21H26N4O6. The van der Waals surface area contributed by atoms with E-state index in [0.717, 1.165) is 0 Å². The lowest BCUT2D eigenvalue weighted by molar-refractivity contribution is -0.152. The van der Waals surface area contributed by atoms with Gasteiger partial charge >= 0.3 is 12.1 Å². The van der Waals surface area contributed by atoms with Crippen LogP contribution < -0.4 is 5.73 Å². The quantitative estimate of drug-likeness (QED) is 0.362. The van der Waals surface area contributed by atoms with Gasteiger partial charge in [-0.1, -0.05) is 12.7 Å².